The van der Waals surface area contributed by atoms with Gasteiger partial charge in [0.25, 0.3) is 0 Å². The number of hydrogen-bond acceptors (Lipinski definition) is 6. The van der Waals surface area contributed by atoms with Gasteiger partial charge in [-0.25, -0.2) is 0 Å². The van der Waals surface area contributed by atoms with E-state index in [2.05, 4.69) is 25.6 Å². The second kappa shape index (κ2) is 4.35. The molecule has 0 aliphatic heterocycles. The van der Waals surface area contributed by atoms with Gasteiger partial charge in [0.15, 0.2) is 0 Å². The number of nitrogens with zero attached hydrogens (tertiary/aromatic N) is 3. The molecule has 1 aromatic rings. The van der Waals surface area contributed by atoms with Gasteiger partial charge in [-0.05, 0) is 6.92 Å². The van der Waals surface area contributed by atoms with Crippen molar-refractivity contribution in [2.24, 2.45) is 0 Å². The molecule has 0 saturated heterocycles. The molecule has 0 unspecified atom stereocenters. The van der Waals surface area contributed by atoms with Crippen LogP contribution in [-0.2, 0) is 4.79 Å². The Bertz CT molecular complexity index is 319. The minimum atomic E-state index is -0.151. The van der Waals surface area contributed by atoms with Crippen molar-refractivity contribution in [3.8, 4) is 0 Å². The molecule has 1 aromatic heterocycles. The number of carbonyl (C=O) groups is 1. The fourth-order valence-corrected chi connectivity index (χ4v) is 0.829. The molecule has 0 fully saturated rings. The number of aromatic nitrogens is 3. The molecule has 0 radical (unpaired) electrons. The van der Waals surface area contributed by atoms with Crippen molar-refractivity contribution in [3.05, 3.63) is 5.82 Å². The number of nitrogens with two attached hydrogens (primary N) is 1. The van der Waals surface area contributed by atoms with Crippen LogP contribution in [0.2, 0.25) is 0 Å². The molecule has 1 rings (SSSR count). The Labute approximate surface area is 81.2 Å². The highest BCUT2D eigenvalue weighted by molar-refractivity contribution is 5.79. The third-order valence-electron chi connectivity index (χ3n) is 1.45. The molecule has 14 heavy (non-hydrogen) atoms. The summed E-state index contributed by atoms with van der Waals surface area (Å²) in [5.41, 5.74) is 5.40. The number of hydrogen-bond donors (Lipinski definition) is 3. The second-order valence-electron chi connectivity index (χ2n) is 2.59. The van der Waals surface area contributed by atoms with Gasteiger partial charge < -0.3 is 16.4 Å². The summed E-state index contributed by atoms with van der Waals surface area (Å²) < 4.78 is 0. The maximum absolute atomic E-state index is 10.9. The van der Waals surface area contributed by atoms with Crippen molar-refractivity contribution >= 4 is 17.8 Å². The molecule has 7 nitrogen and oxygen atoms in total. The first kappa shape index (κ1) is 10.2. The van der Waals surface area contributed by atoms with E-state index in [9.17, 15) is 4.79 Å². The van der Waals surface area contributed by atoms with E-state index in [4.69, 9.17) is 5.73 Å². The van der Waals surface area contributed by atoms with E-state index < -0.39 is 0 Å². The number of nitrogens with one attached hydrogen (secondary N) is 2. The normalized spacial score (nSPS) is 9.57. The van der Waals surface area contributed by atoms with Crippen molar-refractivity contribution in [1.29, 1.82) is 0 Å². The van der Waals surface area contributed by atoms with Crippen molar-refractivity contribution in [2.45, 2.75) is 6.92 Å². The average molecular weight is 196 g/mol. The zero-order chi connectivity index (χ0) is 10.6. The molecule has 0 aliphatic carbocycles. The van der Waals surface area contributed by atoms with Gasteiger partial charge in [0, 0.05) is 7.05 Å². The summed E-state index contributed by atoms with van der Waals surface area (Å²) >= 11 is 0. The van der Waals surface area contributed by atoms with E-state index in [1.807, 2.05) is 0 Å². The molecule has 0 bridgehead atoms. The predicted molar refractivity (Wildman–Crippen MR) is 51.5 cm³/mol. The topological polar surface area (TPSA) is 106 Å². The second-order valence-corrected chi connectivity index (χ2v) is 2.59. The van der Waals surface area contributed by atoms with Crippen molar-refractivity contribution in [1.82, 2.24) is 20.3 Å². The highest BCUT2D eigenvalue weighted by atomic mass is 16.1. The Kier molecular flexibility index (Phi) is 3.16. The summed E-state index contributed by atoms with van der Waals surface area (Å²) in [6.07, 6.45) is 0. The Morgan fingerprint density at radius 2 is 2.14 bits per heavy atom. The lowest BCUT2D eigenvalue weighted by molar-refractivity contribution is -0.118. The van der Waals surface area contributed by atoms with Gasteiger partial charge in [0.05, 0.1) is 6.54 Å². The fourth-order valence-electron chi connectivity index (χ4n) is 0.829. The van der Waals surface area contributed by atoms with Crippen molar-refractivity contribution in [3.63, 3.8) is 0 Å². The number of likely N-dealkylation sites (N-methyl/N-ethyl adjacent to an activating group) is 1. The molecule has 0 saturated carbocycles. The standard InChI is InChI=1S/C7H12N6O/c1-4-11-6(8)13-7(12-4)10-3-5(14)9-2/h3H2,1-2H3,(H,9,14)(H3,8,10,11,12,13). The summed E-state index contributed by atoms with van der Waals surface area (Å²) in [7, 11) is 1.55. The molecule has 0 aliphatic rings. The van der Waals surface area contributed by atoms with Crippen LogP contribution in [-0.4, -0.2) is 34.5 Å². The van der Waals surface area contributed by atoms with Gasteiger partial charge in [0.2, 0.25) is 17.8 Å². The highest BCUT2D eigenvalue weighted by Gasteiger charge is 2.02. The van der Waals surface area contributed by atoms with E-state index in [0.717, 1.165) is 0 Å². The summed E-state index contributed by atoms with van der Waals surface area (Å²) in [6.45, 7) is 1.81. The molecule has 7 heteroatoms. The minimum Gasteiger partial charge on any atom is -0.368 e. The third-order valence-corrected chi connectivity index (χ3v) is 1.45. The molecule has 4 N–H and O–H groups in total. The Hall–Kier alpha value is -1.92. The van der Waals surface area contributed by atoms with Crippen LogP contribution in [0.5, 0.6) is 0 Å². The monoisotopic (exact) mass is 196 g/mol. The lowest BCUT2D eigenvalue weighted by Gasteiger charge is -2.04. The van der Waals surface area contributed by atoms with Gasteiger partial charge in [0.1, 0.15) is 5.82 Å². The molecule has 0 atom stereocenters. The van der Waals surface area contributed by atoms with Crippen molar-refractivity contribution in [2.75, 3.05) is 24.6 Å². The number of rotatable bonds is 3. The van der Waals surface area contributed by atoms with E-state index in [1.165, 1.54) is 0 Å². The van der Waals surface area contributed by atoms with E-state index in [1.54, 1.807) is 14.0 Å². The van der Waals surface area contributed by atoms with Crippen LogP contribution in [0.1, 0.15) is 5.82 Å². The molecular formula is C7H12N6O. The van der Waals surface area contributed by atoms with Crippen LogP contribution in [0.4, 0.5) is 11.9 Å². The zero-order valence-electron chi connectivity index (χ0n) is 8.03. The Balaban J connectivity index is 2.63. The van der Waals surface area contributed by atoms with Gasteiger partial charge in [-0.1, -0.05) is 0 Å². The first-order valence-corrected chi connectivity index (χ1v) is 4.04. The Morgan fingerprint density at radius 3 is 2.71 bits per heavy atom. The highest BCUT2D eigenvalue weighted by Crippen LogP contribution is 2.00. The molecular weight excluding hydrogens is 184 g/mol. The summed E-state index contributed by atoms with van der Waals surface area (Å²) in [5.74, 6) is 0.800. The maximum Gasteiger partial charge on any atom is 0.239 e. The average Bonchev–Trinajstić information content (AvgIpc) is 2.12. The van der Waals surface area contributed by atoms with Crippen LogP contribution in [0.15, 0.2) is 0 Å². The van der Waals surface area contributed by atoms with E-state index in [-0.39, 0.29) is 18.4 Å². The quantitative estimate of drug-likeness (QED) is 0.567. The van der Waals surface area contributed by atoms with Gasteiger partial charge in [-0.2, -0.15) is 15.0 Å². The number of amides is 1. The van der Waals surface area contributed by atoms with E-state index in [0.29, 0.717) is 11.8 Å². The van der Waals surface area contributed by atoms with Crippen LogP contribution in [0.3, 0.4) is 0 Å². The number of anilines is 2. The van der Waals surface area contributed by atoms with Gasteiger partial charge in [-0.3, -0.25) is 4.79 Å². The lowest BCUT2D eigenvalue weighted by atomic mass is 10.6. The largest absolute Gasteiger partial charge is 0.368 e. The molecule has 0 aromatic carbocycles. The van der Waals surface area contributed by atoms with Crippen molar-refractivity contribution < 1.29 is 4.79 Å². The molecule has 1 heterocycles. The van der Waals surface area contributed by atoms with Gasteiger partial charge >= 0.3 is 0 Å². The Morgan fingerprint density at radius 1 is 1.43 bits per heavy atom. The van der Waals surface area contributed by atoms with Crippen LogP contribution >= 0.6 is 0 Å². The van der Waals surface area contributed by atoms with Crippen LogP contribution in [0.25, 0.3) is 0 Å². The smallest absolute Gasteiger partial charge is 0.239 e. The lowest BCUT2D eigenvalue weighted by Crippen LogP contribution is -2.27. The predicted octanol–water partition coefficient (Wildman–Crippen LogP) is -1.08. The van der Waals surface area contributed by atoms with E-state index >= 15 is 0 Å². The number of aryl methyl sites for hydroxylation is 1. The first-order valence-electron chi connectivity index (χ1n) is 4.04. The summed E-state index contributed by atoms with van der Waals surface area (Å²) in [4.78, 5) is 22.4. The SMILES string of the molecule is CNC(=O)CNc1nc(C)nc(N)n1. The number of carbonyl (C=O) groups excluding carboxylic acids is 1. The van der Waals surface area contributed by atoms with Crippen LogP contribution in [0, 0.1) is 6.92 Å². The van der Waals surface area contributed by atoms with Crippen LogP contribution < -0.4 is 16.4 Å². The third kappa shape index (κ3) is 2.85. The minimum absolute atomic E-state index is 0.111. The fraction of sp³-hybridized carbons (Fsp3) is 0.429. The molecule has 0 spiro atoms. The first-order chi connectivity index (χ1) is 6.61. The zero-order valence-corrected chi connectivity index (χ0v) is 8.03. The number of nitrogen functional groups attached to an aromatic ring is 1. The molecule has 76 valence electrons. The summed E-state index contributed by atoms with van der Waals surface area (Å²) in [5, 5.41) is 5.18. The molecule has 1 amide bonds. The summed E-state index contributed by atoms with van der Waals surface area (Å²) in [6, 6.07) is 0. The maximum atomic E-state index is 10.9. The van der Waals surface area contributed by atoms with Gasteiger partial charge in [-0.15, -0.1) is 0 Å².